The maximum absolute atomic E-state index is 13.5. The van der Waals surface area contributed by atoms with E-state index in [9.17, 15) is 8.78 Å². The summed E-state index contributed by atoms with van der Waals surface area (Å²) < 4.78 is 34.2. The summed E-state index contributed by atoms with van der Waals surface area (Å²) in [6.45, 7) is 6.83. The molecule has 3 heterocycles. The SMILES string of the molecule is Cc1cc(C)n(-c2nc(CC3CCC(F)(F)CC3)cc(N3CCOCC3)n2)n1. The number of ether oxygens (including phenoxy) is 1. The topological polar surface area (TPSA) is 56.1 Å². The highest BCUT2D eigenvalue weighted by Crippen LogP contribution is 2.37. The molecule has 0 N–H and O–H groups in total. The molecular formula is C20H27F2N5O. The first kappa shape index (κ1) is 19.2. The van der Waals surface area contributed by atoms with Crippen molar-refractivity contribution in [1.29, 1.82) is 0 Å². The number of alkyl halides is 2. The molecule has 0 bridgehead atoms. The number of aromatic nitrogens is 4. The molecule has 0 spiro atoms. The lowest BCUT2D eigenvalue weighted by atomic mass is 9.84. The van der Waals surface area contributed by atoms with E-state index in [0.717, 1.165) is 36.0 Å². The molecule has 0 radical (unpaired) electrons. The molecular weight excluding hydrogens is 364 g/mol. The molecule has 2 aliphatic rings. The molecule has 1 aliphatic carbocycles. The van der Waals surface area contributed by atoms with Gasteiger partial charge in [0.15, 0.2) is 0 Å². The first-order valence-electron chi connectivity index (χ1n) is 10.0. The number of halogens is 2. The van der Waals surface area contributed by atoms with Crippen molar-refractivity contribution in [2.75, 3.05) is 31.2 Å². The second-order valence-electron chi connectivity index (χ2n) is 7.96. The molecule has 1 saturated carbocycles. The highest BCUT2D eigenvalue weighted by atomic mass is 19.3. The van der Waals surface area contributed by atoms with Gasteiger partial charge < -0.3 is 9.64 Å². The molecule has 0 atom stereocenters. The zero-order chi connectivity index (χ0) is 19.7. The van der Waals surface area contributed by atoms with Crippen LogP contribution in [0.2, 0.25) is 0 Å². The molecule has 1 saturated heterocycles. The van der Waals surface area contributed by atoms with Gasteiger partial charge >= 0.3 is 0 Å². The van der Waals surface area contributed by atoms with Crippen molar-refractivity contribution in [2.24, 2.45) is 5.92 Å². The van der Waals surface area contributed by atoms with Crippen LogP contribution in [-0.4, -0.2) is 52.0 Å². The normalized spacial score (nSPS) is 20.5. The van der Waals surface area contributed by atoms with Crippen molar-refractivity contribution < 1.29 is 13.5 Å². The van der Waals surface area contributed by atoms with Crippen molar-refractivity contribution in [1.82, 2.24) is 19.7 Å². The van der Waals surface area contributed by atoms with Crippen LogP contribution in [0.1, 0.15) is 42.8 Å². The lowest BCUT2D eigenvalue weighted by molar-refractivity contribution is -0.0457. The van der Waals surface area contributed by atoms with Crippen LogP contribution in [0.3, 0.4) is 0 Å². The average Bonchev–Trinajstić information content (AvgIpc) is 3.02. The Hall–Kier alpha value is -2.09. The minimum Gasteiger partial charge on any atom is -0.378 e. The lowest BCUT2D eigenvalue weighted by Crippen LogP contribution is -2.37. The molecule has 0 aromatic carbocycles. The molecule has 0 amide bonds. The third-order valence-corrected chi connectivity index (χ3v) is 5.62. The predicted molar refractivity (Wildman–Crippen MR) is 102 cm³/mol. The third-order valence-electron chi connectivity index (χ3n) is 5.62. The highest BCUT2D eigenvalue weighted by Gasteiger charge is 2.35. The van der Waals surface area contributed by atoms with Crippen molar-refractivity contribution in [3.8, 4) is 5.95 Å². The number of hydrogen-bond acceptors (Lipinski definition) is 5. The van der Waals surface area contributed by atoms with E-state index < -0.39 is 5.92 Å². The van der Waals surface area contributed by atoms with E-state index in [-0.39, 0.29) is 18.8 Å². The van der Waals surface area contributed by atoms with Gasteiger partial charge in [-0.3, -0.25) is 0 Å². The second kappa shape index (κ2) is 7.73. The fourth-order valence-electron chi connectivity index (χ4n) is 4.05. The monoisotopic (exact) mass is 391 g/mol. The van der Waals surface area contributed by atoms with Crippen molar-refractivity contribution in [3.63, 3.8) is 0 Å². The average molecular weight is 391 g/mol. The van der Waals surface area contributed by atoms with E-state index >= 15 is 0 Å². The number of aryl methyl sites for hydroxylation is 2. The Morgan fingerprint density at radius 2 is 1.82 bits per heavy atom. The van der Waals surface area contributed by atoms with Gasteiger partial charge in [0, 0.05) is 43.4 Å². The van der Waals surface area contributed by atoms with E-state index in [1.165, 1.54) is 0 Å². The molecule has 8 heteroatoms. The maximum Gasteiger partial charge on any atom is 0.252 e. The molecule has 1 aliphatic heterocycles. The lowest BCUT2D eigenvalue weighted by Gasteiger charge is -2.30. The Kier molecular flexibility index (Phi) is 5.31. The molecule has 152 valence electrons. The Bertz CT molecular complexity index is 822. The van der Waals surface area contributed by atoms with Gasteiger partial charge in [-0.1, -0.05) is 0 Å². The smallest absolute Gasteiger partial charge is 0.252 e. The van der Waals surface area contributed by atoms with Crippen LogP contribution in [-0.2, 0) is 11.2 Å². The van der Waals surface area contributed by atoms with Crippen LogP contribution in [0.5, 0.6) is 0 Å². The third kappa shape index (κ3) is 4.32. The number of nitrogens with zero attached hydrogens (tertiary/aromatic N) is 5. The molecule has 6 nitrogen and oxygen atoms in total. The van der Waals surface area contributed by atoms with Gasteiger partial charge in [-0.25, -0.2) is 18.4 Å². The van der Waals surface area contributed by atoms with Crippen LogP contribution in [0, 0.1) is 19.8 Å². The summed E-state index contributed by atoms with van der Waals surface area (Å²) in [6, 6.07) is 4.00. The van der Waals surface area contributed by atoms with Gasteiger partial charge in [0.25, 0.3) is 5.95 Å². The number of morpholine rings is 1. The summed E-state index contributed by atoms with van der Waals surface area (Å²) in [5.74, 6) is -0.862. The van der Waals surface area contributed by atoms with Gasteiger partial charge in [0.2, 0.25) is 5.92 Å². The molecule has 2 aromatic rings. The zero-order valence-electron chi connectivity index (χ0n) is 16.5. The van der Waals surface area contributed by atoms with Gasteiger partial charge in [0.05, 0.1) is 18.9 Å². The summed E-state index contributed by atoms with van der Waals surface area (Å²) >= 11 is 0. The Labute approximate surface area is 163 Å². The van der Waals surface area contributed by atoms with E-state index in [0.29, 0.717) is 38.4 Å². The van der Waals surface area contributed by atoms with E-state index in [4.69, 9.17) is 14.7 Å². The van der Waals surface area contributed by atoms with Crippen LogP contribution in [0.4, 0.5) is 14.6 Å². The van der Waals surface area contributed by atoms with E-state index in [1.807, 2.05) is 26.0 Å². The van der Waals surface area contributed by atoms with Crippen molar-refractivity contribution >= 4 is 5.82 Å². The van der Waals surface area contributed by atoms with Gasteiger partial charge in [0.1, 0.15) is 5.82 Å². The Morgan fingerprint density at radius 1 is 1.11 bits per heavy atom. The quantitative estimate of drug-likeness (QED) is 0.799. The molecule has 2 aromatic heterocycles. The van der Waals surface area contributed by atoms with Gasteiger partial charge in [-0.15, -0.1) is 0 Å². The van der Waals surface area contributed by atoms with E-state index in [2.05, 4.69) is 10.00 Å². The Balaban J connectivity index is 1.63. The summed E-state index contributed by atoms with van der Waals surface area (Å²) in [7, 11) is 0. The summed E-state index contributed by atoms with van der Waals surface area (Å²) in [5.41, 5.74) is 2.78. The largest absolute Gasteiger partial charge is 0.378 e. The fraction of sp³-hybridized carbons (Fsp3) is 0.650. The minimum absolute atomic E-state index is 0.0244. The predicted octanol–water partition coefficient (Wildman–Crippen LogP) is 3.48. The van der Waals surface area contributed by atoms with E-state index in [1.54, 1.807) is 4.68 Å². The summed E-state index contributed by atoms with van der Waals surface area (Å²) in [5, 5.41) is 4.52. The number of hydrogen-bond donors (Lipinski definition) is 0. The summed E-state index contributed by atoms with van der Waals surface area (Å²) in [6.07, 6.45) is 1.73. The standard InChI is InChI=1S/C20H27F2N5O/c1-14-11-15(2)27(25-14)19-23-17(12-16-3-5-20(21,22)6-4-16)13-18(24-19)26-7-9-28-10-8-26/h11,13,16H,3-10,12H2,1-2H3. The molecule has 2 fully saturated rings. The van der Waals surface area contributed by atoms with Crippen LogP contribution in [0.15, 0.2) is 12.1 Å². The Morgan fingerprint density at radius 3 is 2.46 bits per heavy atom. The fourth-order valence-corrected chi connectivity index (χ4v) is 4.05. The zero-order valence-corrected chi connectivity index (χ0v) is 16.5. The first-order valence-corrected chi connectivity index (χ1v) is 10.0. The molecule has 28 heavy (non-hydrogen) atoms. The van der Waals surface area contributed by atoms with Crippen LogP contribution >= 0.6 is 0 Å². The molecule has 4 rings (SSSR count). The summed E-state index contributed by atoms with van der Waals surface area (Å²) in [4.78, 5) is 11.7. The maximum atomic E-state index is 13.5. The van der Waals surface area contributed by atoms with Gasteiger partial charge in [-0.2, -0.15) is 10.1 Å². The van der Waals surface area contributed by atoms with Crippen LogP contribution in [0.25, 0.3) is 5.95 Å². The molecule has 0 unspecified atom stereocenters. The van der Waals surface area contributed by atoms with Crippen molar-refractivity contribution in [2.45, 2.75) is 51.9 Å². The minimum atomic E-state index is -2.50. The van der Waals surface area contributed by atoms with Crippen LogP contribution < -0.4 is 4.90 Å². The first-order chi connectivity index (χ1) is 13.4. The van der Waals surface area contributed by atoms with Gasteiger partial charge in [-0.05, 0) is 45.1 Å². The number of anilines is 1. The number of rotatable bonds is 4. The van der Waals surface area contributed by atoms with Crippen molar-refractivity contribution in [3.05, 3.63) is 29.2 Å². The highest BCUT2D eigenvalue weighted by molar-refractivity contribution is 5.43. The second-order valence-corrected chi connectivity index (χ2v) is 7.96.